The van der Waals surface area contributed by atoms with Gasteiger partial charge in [0.2, 0.25) is 0 Å². The lowest BCUT2D eigenvalue weighted by atomic mass is 10.2. The molecule has 0 aliphatic rings. The quantitative estimate of drug-likeness (QED) is 0.804. The molecule has 20 heavy (non-hydrogen) atoms. The number of carbonyl (C=O) groups excluding carboxylic acids is 1. The number of halogens is 2. The summed E-state index contributed by atoms with van der Waals surface area (Å²) in [5, 5.41) is 2.17. The maximum absolute atomic E-state index is 13.0. The van der Waals surface area contributed by atoms with E-state index in [1.54, 1.807) is 19.1 Å². The molecule has 0 saturated carbocycles. The highest BCUT2D eigenvalue weighted by Gasteiger charge is 2.29. The smallest absolute Gasteiger partial charge is 0.277 e. The molecule has 0 bridgehead atoms. The predicted octanol–water partition coefficient (Wildman–Crippen LogP) is 1.86. The van der Waals surface area contributed by atoms with Gasteiger partial charge in [0.05, 0.1) is 13.1 Å². The van der Waals surface area contributed by atoms with Gasteiger partial charge in [-0.25, -0.2) is 8.78 Å². The van der Waals surface area contributed by atoms with Crippen LogP contribution < -0.4 is 15.8 Å². The molecule has 6 heteroatoms. The maximum atomic E-state index is 13.0. The zero-order chi connectivity index (χ0) is 15.2. The number of aryl methyl sites for hydroxylation is 1. The molecule has 0 aliphatic heterocycles. The number of alkyl halides is 2. The molecule has 0 aliphatic carbocycles. The molecule has 1 atom stereocenters. The number of hydrogen-bond donors (Lipinski definition) is 2. The summed E-state index contributed by atoms with van der Waals surface area (Å²) >= 11 is 0. The Balaban J connectivity index is 2.62. The number of carbonyl (C=O) groups is 1. The number of amides is 1. The van der Waals surface area contributed by atoms with Crippen molar-refractivity contribution in [2.45, 2.75) is 32.3 Å². The van der Waals surface area contributed by atoms with E-state index in [1.165, 1.54) is 0 Å². The summed E-state index contributed by atoms with van der Waals surface area (Å²) in [6, 6.07) is 7.23. The van der Waals surface area contributed by atoms with Crippen molar-refractivity contribution in [1.82, 2.24) is 5.32 Å². The first kappa shape index (κ1) is 16.4. The van der Waals surface area contributed by atoms with E-state index in [-0.39, 0.29) is 0 Å². The van der Waals surface area contributed by atoms with Gasteiger partial charge in [0.1, 0.15) is 5.75 Å². The molecule has 1 aromatic carbocycles. The molecule has 1 amide bonds. The third-order valence-corrected chi connectivity index (χ3v) is 2.85. The van der Waals surface area contributed by atoms with Gasteiger partial charge in [-0.15, -0.1) is 0 Å². The van der Waals surface area contributed by atoms with Crippen LogP contribution in [0.25, 0.3) is 0 Å². The minimum atomic E-state index is -3.10. The van der Waals surface area contributed by atoms with Crippen LogP contribution in [0.3, 0.4) is 0 Å². The van der Waals surface area contributed by atoms with E-state index in [0.717, 1.165) is 5.56 Å². The van der Waals surface area contributed by atoms with Crippen LogP contribution >= 0.6 is 0 Å². The monoisotopic (exact) mass is 286 g/mol. The average Bonchev–Trinajstić information content (AvgIpc) is 2.44. The maximum Gasteiger partial charge on any atom is 0.277 e. The van der Waals surface area contributed by atoms with Crippen LogP contribution in [0.1, 0.15) is 18.9 Å². The van der Waals surface area contributed by atoms with Crippen LogP contribution in [-0.4, -0.2) is 31.0 Å². The van der Waals surface area contributed by atoms with E-state index in [2.05, 4.69) is 5.32 Å². The van der Waals surface area contributed by atoms with Crippen molar-refractivity contribution >= 4 is 5.91 Å². The Morgan fingerprint density at radius 1 is 1.45 bits per heavy atom. The fourth-order valence-corrected chi connectivity index (χ4v) is 1.57. The molecule has 4 nitrogen and oxygen atoms in total. The number of nitrogens with one attached hydrogen (secondary N) is 1. The van der Waals surface area contributed by atoms with Crippen LogP contribution in [0.4, 0.5) is 8.78 Å². The lowest BCUT2D eigenvalue weighted by Gasteiger charge is -2.20. The first-order valence-electron chi connectivity index (χ1n) is 6.47. The first-order chi connectivity index (χ1) is 9.39. The minimum absolute atomic E-state index is 0.383. The van der Waals surface area contributed by atoms with Gasteiger partial charge >= 0.3 is 0 Å². The summed E-state index contributed by atoms with van der Waals surface area (Å²) in [5.41, 5.74) is 5.79. The summed E-state index contributed by atoms with van der Waals surface area (Å²) in [5.74, 6) is -3.10. The highest BCUT2D eigenvalue weighted by molar-refractivity contribution is 5.81. The van der Waals surface area contributed by atoms with Crippen molar-refractivity contribution in [2.24, 2.45) is 5.73 Å². The Labute approximate surface area is 117 Å². The van der Waals surface area contributed by atoms with Crippen LogP contribution in [0.2, 0.25) is 0 Å². The highest BCUT2D eigenvalue weighted by atomic mass is 19.3. The molecule has 1 unspecified atom stereocenters. The lowest BCUT2D eigenvalue weighted by molar-refractivity contribution is -0.129. The summed E-state index contributed by atoms with van der Waals surface area (Å²) in [6.45, 7) is 2.02. The second-order valence-corrected chi connectivity index (χ2v) is 4.56. The van der Waals surface area contributed by atoms with Crippen LogP contribution in [-0.2, 0) is 4.79 Å². The van der Waals surface area contributed by atoms with Gasteiger partial charge < -0.3 is 15.8 Å². The highest BCUT2D eigenvalue weighted by Crippen LogP contribution is 2.19. The number of ether oxygens (including phenoxy) is 1. The minimum Gasteiger partial charge on any atom is -0.480 e. The van der Waals surface area contributed by atoms with Crippen molar-refractivity contribution in [3.8, 4) is 5.75 Å². The van der Waals surface area contributed by atoms with E-state index in [4.69, 9.17) is 10.5 Å². The molecule has 112 valence electrons. The Bertz CT molecular complexity index is 453. The van der Waals surface area contributed by atoms with Crippen molar-refractivity contribution in [3.05, 3.63) is 29.8 Å². The number of rotatable bonds is 7. The fourth-order valence-electron chi connectivity index (χ4n) is 1.57. The second-order valence-electron chi connectivity index (χ2n) is 4.56. The van der Waals surface area contributed by atoms with Crippen molar-refractivity contribution in [3.63, 3.8) is 0 Å². The summed E-state index contributed by atoms with van der Waals surface area (Å²) in [6.07, 6.45) is -0.418. The average molecular weight is 286 g/mol. The fraction of sp³-hybridized carbons (Fsp3) is 0.500. The van der Waals surface area contributed by atoms with E-state index in [1.807, 2.05) is 19.1 Å². The van der Waals surface area contributed by atoms with Gasteiger partial charge in [-0.3, -0.25) is 4.79 Å². The number of para-hydroxylation sites is 1. The number of nitrogens with two attached hydrogens (primary N) is 1. The van der Waals surface area contributed by atoms with Gasteiger partial charge in [-0.2, -0.15) is 0 Å². The SMILES string of the molecule is CCC(Oc1ccccc1C)C(=O)NCC(F)(F)CN. The van der Waals surface area contributed by atoms with Crippen molar-refractivity contribution < 1.29 is 18.3 Å². The van der Waals surface area contributed by atoms with E-state index >= 15 is 0 Å². The summed E-state index contributed by atoms with van der Waals surface area (Å²) < 4.78 is 31.5. The standard InChI is InChI=1S/C14H20F2N2O2/c1-3-11(13(19)18-9-14(15,16)8-17)20-12-7-5-4-6-10(12)2/h4-7,11H,3,8-9,17H2,1-2H3,(H,18,19). The van der Waals surface area contributed by atoms with Crippen molar-refractivity contribution in [1.29, 1.82) is 0 Å². The van der Waals surface area contributed by atoms with Gasteiger partial charge in [0, 0.05) is 0 Å². The molecule has 1 aromatic rings. The van der Waals surface area contributed by atoms with E-state index in [9.17, 15) is 13.6 Å². The summed E-state index contributed by atoms with van der Waals surface area (Å²) in [4.78, 5) is 11.8. The third kappa shape index (κ3) is 4.77. The van der Waals surface area contributed by atoms with Gasteiger partial charge in [0.25, 0.3) is 11.8 Å². The van der Waals surface area contributed by atoms with Crippen molar-refractivity contribution in [2.75, 3.05) is 13.1 Å². The van der Waals surface area contributed by atoms with Gasteiger partial charge in [0.15, 0.2) is 6.10 Å². The molecule has 0 heterocycles. The Morgan fingerprint density at radius 2 is 2.10 bits per heavy atom. The molecule has 0 saturated heterocycles. The molecule has 0 fully saturated rings. The van der Waals surface area contributed by atoms with Gasteiger partial charge in [-0.1, -0.05) is 25.1 Å². The molecule has 3 N–H and O–H groups in total. The first-order valence-corrected chi connectivity index (χ1v) is 6.47. The van der Waals surface area contributed by atoms with Crippen LogP contribution in [0.15, 0.2) is 24.3 Å². The molecule has 0 aromatic heterocycles. The zero-order valence-electron chi connectivity index (χ0n) is 11.7. The topological polar surface area (TPSA) is 64.3 Å². The third-order valence-electron chi connectivity index (χ3n) is 2.85. The largest absolute Gasteiger partial charge is 0.480 e. The van der Waals surface area contributed by atoms with Crippen LogP contribution in [0.5, 0.6) is 5.75 Å². The number of benzene rings is 1. The van der Waals surface area contributed by atoms with E-state index < -0.39 is 31.0 Å². The molecular weight excluding hydrogens is 266 g/mol. The molecular formula is C14H20F2N2O2. The summed E-state index contributed by atoms with van der Waals surface area (Å²) in [7, 11) is 0. The lowest BCUT2D eigenvalue weighted by Crippen LogP contribution is -2.46. The Hall–Kier alpha value is -1.69. The molecule has 0 radical (unpaired) electrons. The number of hydrogen-bond acceptors (Lipinski definition) is 3. The Morgan fingerprint density at radius 3 is 2.65 bits per heavy atom. The zero-order valence-corrected chi connectivity index (χ0v) is 11.7. The van der Waals surface area contributed by atoms with Gasteiger partial charge in [-0.05, 0) is 25.0 Å². The predicted molar refractivity (Wildman–Crippen MR) is 72.9 cm³/mol. The molecule has 0 spiro atoms. The molecule has 1 rings (SSSR count). The second kappa shape index (κ2) is 7.19. The van der Waals surface area contributed by atoms with Crippen LogP contribution in [0, 0.1) is 6.92 Å². The Kier molecular flexibility index (Phi) is 5.88. The normalized spacial score (nSPS) is 12.8. The van der Waals surface area contributed by atoms with E-state index in [0.29, 0.717) is 12.2 Å².